The molecule has 0 amide bonds. The maximum absolute atomic E-state index is 13.1. The largest absolute Gasteiger partial charge is 0.401 e. The van der Waals surface area contributed by atoms with Crippen molar-refractivity contribution in [2.75, 3.05) is 25.0 Å². The minimum absolute atomic E-state index is 0.143. The summed E-state index contributed by atoms with van der Waals surface area (Å²) in [5.41, 5.74) is 1.38. The van der Waals surface area contributed by atoms with Crippen molar-refractivity contribution < 1.29 is 17.6 Å². The molecule has 1 aliphatic heterocycles. The van der Waals surface area contributed by atoms with E-state index in [1.807, 2.05) is 0 Å². The monoisotopic (exact) mass is 290 g/mol. The van der Waals surface area contributed by atoms with Gasteiger partial charge in [-0.2, -0.15) is 13.2 Å². The fourth-order valence-corrected chi connectivity index (χ4v) is 2.46. The molecule has 0 aliphatic carbocycles. The zero-order chi connectivity index (χ0) is 14.8. The molecule has 1 aliphatic rings. The second kappa shape index (κ2) is 5.99. The van der Waals surface area contributed by atoms with E-state index < -0.39 is 12.7 Å². The number of anilines is 1. The predicted molar refractivity (Wildman–Crippen MR) is 70.3 cm³/mol. The summed E-state index contributed by atoms with van der Waals surface area (Å²) in [6, 6.07) is 4.92. The number of halogens is 4. The van der Waals surface area contributed by atoms with E-state index in [4.69, 9.17) is 0 Å². The van der Waals surface area contributed by atoms with Crippen LogP contribution in [0.5, 0.6) is 0 Å². The molecule has 0 spiro atoms. The molecule has 0 atom stereocenters. The van der Waals surface area contributed by atoms with Gasteiger partial charge >= 0.3 is 6.18 Å². The zero-order valence-electron chi connectivity index (χ0n) is 11.3. The molecule has 1 fully saturated rings. The number of hydrogen-bond acceptors (Lipinski definition) is 2. The summed E-state index contributed by atoms with van der Waals surface area (Å²) >= 11 is 0. The Morgan fingerprint density at radius 3 is 2.45 bits per heavy atom. The summed E-state index contributed by atoms with van der Waals surface area (Å²) in [7, 11) is 0. The lowest BCUT2D eigenvalue weighted by Crippen LogP contribution is -2.43. The van der Waals surface area contributed by atoms with Crippen molar-refractivity contribution >= 4 is 5.69 Å². The van der Waals surface area contributed by atoms with Crippen LogP contribution in [0, 0.1) is 12.7 Å². The molecule has 0 bridgehead atoms. The highest BCUT2D eigenvalue weighted by atomic mass is 19.4. The van der Waals surface area contributed by atoms with Crippen LogP contribution < -0.4 is 5.32 Å². The molecule has 2 rings (SSSR count). The average Bonchev–Trinajstić information content (AvgIpc) is 2.35. The molecule has 112 valence electrons. The van der Waals surface area contributed by atoms with Gasteiger partial charge in [-0.15, -0.1) is 0 Å². The number of likely N-dealkylation sites (tertiary alicyclic amines) is 1. The first kappa shape index (κ1) is 15.1. The third-order valence-corrected chi connectivity index (χ3v) is 3.52. The summed E-state index contributed by atoms with van der Waals surface area (Å²) in [5.74, 6) is -0.254. The average molecular weight is 290 g/mol. The standard InChI is InChI=1S/C14H18F4N2/c1-10-8-12(2-3-13(10)15)19-11-4-6-20(7-5-11)9-14(16,17)18/h2-3,8,11,19H,4-7,9H2,1H3. The molecule has 0 unspecified atom stereocenters. The SMILES string of the molecule is Cc1cc(NC2CCN(CC(F)(F)F)CC2)ccc1F. The summed E-state index contributed by atoms with van der Waals surface area (Å²) < 4.78 is 50.0. The molecule has 1 saturated heterocycles. The summed E-state index contributed by atoms with van der Waals surface area (Å²) in [5, 5.41) is 3.26. The smallest absolute Gasteiger partial charge is 0.382 e. The highest BCUT2D eigenvalue weighted by Gasteiger charge is 2.32. The number of nitrogens with one attached hydrogen (secondary N) is 1. The fraction of sp³-hybridized carbons (Fsp3) is 0.571. The summed E-state index contributed by atoms with van der Waals surface area (Å²) in [6.07, 6.45) is -2.81. The van der Waals surface area contributed by atoms with Crippen molar-refractivity contribution in [3.63, 3.8) is 0 Å². The zero-order valence-corrected chi connectivity index (χ0v) is 11.3. The van der Waals surface area contributed by atoms with Crippen LogP contribution in [-0.2, 0) is 0 Å². The lowest BCUT2D eigenvalue weighted by atomic mass is 10.0. The molecule has 1 aromatic rings. The first-order valence-corrected chi connectivity index (χ1v) is 6.65. The predicted octanol–water partition coefficient (Wildman–Crippen LogP) is 3.57. The van der Waals surface area contributed by atoms with Crippen LogP contribution in [0.1, 0.15) is 18.4 Å². The van der Waals surface area contributed by atoms with Crippen molar-refractivity contribution in [3.8, 4) is 0 Å². The molecule has 0 aromatic heterocycles. The second-order valence-electron chi connectivity index (χ2n) is 5.27. The van der Waals surface area contributed by atoms with Crippen LogP contribution in [-0.4, -0.2) is 36.8 Å². The van der Waals surface area contributed by atoms with Gasteiger partial charge in [0.05, 0.1) is 6.54 Å². The van der Waals surface area contributed by atoms with E-state index in [0.717, 1.165) is 5.69 Å². The first-order chi connectivity index (χ1) is 9.33. The van der Waals surface area contributed by atoms with Crippen molar-refractivity contribution in [3.05, 3.63) is 29.6 Å². The van der Waals surface area contributed by atoms with Gasteiger partial charge in [0.2, 0.25) is 0 Å². The van der Waals surface area contributed by atoms with Crippen LogP contribution in [0.15, 0.2) is 18.2 Å². The maximum atomic E-state index is 13.1. The molecule has 2 nitrogen and oxygen atoms in total. The van der Waals surface area contributed by atoms with Gasteiger partial charge in [-0.1, -0.05) is 0 Å². The molecule has 20 heavy (non-hydrogen) atoms. The lowest BCUT2D eigenvalue weighted by molar-refractivity contribution is -0.147. The number of nitrogens with zero attached hydrogens (tertiary/aromatic N) is 1. The Balaban J connectivity index is 1.83. The Bertz CT molecular complexity index is 451. The Morgan fingerprint density at radius 2 is 1.90 bits per heavy atom. The van der Waals surface area contributed by atoms with E-state index in [-0.39, 0.29) is 11.9 Å². The summed E-state index contributed by atoms with van der Waals surface area (Å²) in [4.78, 5) is 1.42. The van der Waals surface area contributed by atoms with Crippen LogP contribution in [0.3, 0.4) is 0 Å². The molecular weight excluding hydrogens is 272 g/mol. The lowest BCUT2D eigenvalue weighted by Gasteiger charge is -2.33. The highest BCUT2D eigenvalue weighted by Crippen LogP contribution is 2.22. The molecule has 6 heteroatoms. The van der Waals surface area contributed by atoms with Crippen LogP contribution in [0.2, 0.25) is 0 Å². The van der Waals surface area contributed by atoms with E-state index in [0.29, 0.717) is 31.5 Å². The molecule has 0 radical (unpaired) electrons. The fourth-order valence-electron chi connectivity index (χ4n) is 2.46. The van der Waals surface area contributed by atoms with Crippen molar-refractivity contribution in [2.45, 2.75) is 32.0 Å². The minimum atomic E-state index is -4.13. The van der Waals surface area contributed by atoms with Crippen molar-refractivity contribution in [1.29, 1.82) is 0 Å². The molecule has 1 N–H and O–H groups in total. The number of hydrogen-bond donors (Lipinski definition) is 1. The van der Waals surface area contributed by atoms with Gasteiger partial charge < -0.3 is 5.32 Å². The normalized spacial score (nSPS) is 18.2. The van der Waals surface area contributed by atoms with E-state index in [1.54, 1.807) is 19.1 Å². The molecule has 0 saturated carbocycles. The topological polar surface area (TPSA) is 15.3 Å². The van der Waals surface area contributed by atoms with Crippen LogP contribution in [0.25, 0.3) is 0 Å². The third kappa shape index (κ3) is 4.37. The van der Waals surface area contributed by atoms with Gasteiger partial charge in [0.25, 0.3) is 0 Å². The van der Waals surface area contributed by atoms with E-state index in [1.165, 1.54) is 11.0 Å². The number of rotatable bonds is 3. The van der Waals surface area contributed by atoms with Crippen molar-refractivity contribution in [2.24, 2.45) is 0 Å². The number of alkyl halides is 3. The van der Waals surface area contributed by atoms with Gasteiger partial charge in [0.15, 0.2) is 0 Å². The number of benzene rings is 1. The Kier molecular flexibility index (Phi) is 4.52. The molecule has 1 heterocycles. The quantitative estimate of drug-likeness (QED) is 0.856. The number of aryl methyl sites for hydroxylation is 1. The van der Waals surface area contributed by atoms with Gasteiger partial charge in [-0.05, 0) is 43.5 Å². The van der Waals surface area contributed by atoms with Crippen LogP contribution >= 0.6 is 0 Å². The van der Waals surface area contributed by atoms with Crippen LogP contribution in [0.4, 0.5) is 23.2 Å². The van der Waals surface area contributed by atoms with Gasteiger partial charge in [-0.3, -0.25) is 4.90 Å². The first-order valence-electron chi connectivity index (χ1n) is 6.65. The Labute approximate surface area is 115 Å². The van der Waals surface area contributed by atoms with E-state index >= 15 is 0 Å². The Hall–Kier alpha value is -1.30. The highest BCUT2D eigenvalue weighted by molar-refractivity contribution is 5.46. The van der Waals surface area contributed by atoms with Gasteiger partial charge in [0, 0.05) is 24.8 Å². The number of piperidine rings is 1. The minimum Gasteiger partial charge on any atom is -0.382 e. The summed E-state index contributed by atoms with van der Waals surface area (Å²) in [6.45, 7) is 1.70. The molecular formula is C14H18F4N2. The second-order valence-corrected chi connectivity index (χ2v) is 5.27. The third-order valence-electron chi connectivity index (χ3n) is 3.52. The van der Waals surface area contributed by atoms with Crippen molar-refractivity contribution in [1.82, 2.24) is 4.90 Å². The van der Waals surface area contributed by atoms with E-state index in [9.17, 15) is 17.6 Å². The Morgan fingerprint density at radius 1 is 1.25 bits per heavy atom. The maximum Gasteiger partial charge on any atom is 0.401 e. The van der Waals surface area contributed by atoms with Gasteiger partial charge in [0.1, 0.15) is 5.82 Å². The van der Waals surface area contributed by atoms with E-state index in [2.05, 4.69) is 5.32 Å². The van der Waals surface area contributed by atoms with Gasteiger partial charge in [-0.25, -0.2) is 4.39 Å². The molecule has 1 aromatic carbocycles.